The average Bonchev–Trinajstić information content (AvgIpc) is 3.18. The molecule has 0 unspecified atom stereocenters. The standard InChI is InChI=1S/C22H16O6/c1-24-19-7-14(25-11-13-5-3-2-4-6-13)8-20-21(19)22(23)15-9-17-18(27-12-26-17)10-16(15)28-20/h2-10H,11-12H2,1H3. The van der Waals surface area contributed by atoms with Crippen molar-refractivity contribution in [3.05, 3.63) is 70.4 Å². The van der Waals surface area contributed by atoms with Crippen molar-refractivity contribution in [2.24, 2.45) is 0 Å². The van der Waals surface area contributed by atoms with Gasteiger partial charge >= 0.3 is 0 Å². The van der Waals surface area contributed by atoms with Crippen LogP contribution in [0.3, 0.4) is 0 Å². The van der Waals surface area contributed by atoms with Crippen molar-refractivity contribution in [3.8, 4) is 23.0 Å². The molecule has 1 aliphatic rings. The van der Waals surface area contributed by atoms with Gasteiger partial charge in [-0.25, -0.2) is 0 Å². The first-order valence-electron chi connectivity index (χ1n) is 8.78. The van der Waals surface area contributed by atoms with Crippen LogP contribution in [0, 0.1) is 0 Å². The Kier molecular flexibility index (Phi) is 3.83. The molecule has 1 aliphatic heterocycles. The van der Waals surface area contributed by atoms with Crippen LogP contribution in [0.25, 0.3) is 21.9 Å². The van der Waals surface area contributed by atoms with Gasteiger partial charge in [-0.1, -0.05) is 30.3 Å². The van der Waals surface area contributed by atoms with Gasteiger partial charge in [-0.05, 0) is 11.6 Å². The van der Waals surface area contributed by atoms with Gasteiger partial charge in [0.25, 0.3) is 0 Å². The second kappa shape index (κ2) is 6.49. The molecule has 28 heavy (non-hydrogen) atoms. The third kappa shape index (κ3) is 2.70. The third-order valence-electron chi connectivity index (χ3n) is 4.67. The highest BCUT2D eigenvalue weighted by molar-refractivity contribution is 5.95. The summed E-state index contributed by atoms with van der Waals surface area (Å²) in [4.78, 5) is 13.1. The highest BCUT2D eigenvalue weighted by atomic mass is 16.7. The highest BCUT2D eigenvalue weighted by Crippen LogP contribution is 2.38. The molecule has 0 fully saturated rings. The van der Waals surface area contributed by atoms with Gasteiger partial charge in [-0.2, -0.15) is 0 Å². The minimum Gasteiger partial charge on any atom is -0.496 e. The summed E-state index contributed by atoms with van der Waals surface area (Å²) in [5.74, 6) is 2.03. The van der Waals surface area contributed by atoms with Crippen molar-refractivity contribution in [1.82, 2.24) is 0 Å². The van der Waals surface area contributed by atoms with E-state index in [-0.39, 0.29) is 12.2 Å². The minimum atomic E-state index is -0.194. The van der Waals surface area contributed by atoms with E-state index in [0.717, 1.165) is 5.56 Å². The fourth-order valence-corrected chi connectivity index (χ4v) is 3.29. The lowest BCUT2D eigenvalue weighted by molar-refractivity contribution is 0.174. The van der Waals surface area contributed by atoms with Gasteiger partial charge in [0.15, 0.2) is 11.5 Å². The lowest BCUT2D eigenvalue weighted by Gasteiger charge is -2.11. The van der Waals surface area contributed by atoms with Crippen molar-refractivity contribution in [1.29, 1.82) is 0 Å². The molecule has 0 N–H and O–H groups in total. The normalized spacial score (nSPS) is 12.5. The van der Waals surface area contributed by atoms with Gasteiger partial charge in [-0.15, -0.1) is 0 Å². The van der Waals surface area contributed by atoms with E-state index in [1.807, 2.05) is 30.3 Å². The molecule has 6 nitrogen and oxygen atoms in total. The fourth-order valence-electron chi connectivity index (χ4n) is 3.29. The molecule has 0 radical (unpaired) electrons. The molecule has 0 saturated heterocycles. The van der Waals surface area contributed by atoms with Crippen LogP contribution in [0.15, 0.2) is 63.8 Å². The summed E-state index contributed by atoms with van der Waals surface area (Å²) in [6, 6.07) is 16.5. The van der Waals surface area contributed by atoms with Crippen LogP contribution in [-0.2, 0) is 6.61 Å². The molecule has 5 rings (SSSR count). The maximum absolute atomic E-state index is 13.1. The second-order valence-electron chi connectivity index (χ2n) is 6.41. The van der Waals surface area contributed by atoms with E-state index in [2.05, 4.69) is 0 Å². The summed E-state index contributed by atoms with van der Waals surface area (Å²) in [5.41, 5.74) is 1.65. The number of benzene rings is 3. The van der Waals surface area contributed by atoms with Crippen molar-refractivity contribution < 1.29 is 23.4 Å². The van der Waals surface area contributed by atoms with Gasteiger partial charge < -0.3 is 23.4 Å². The zero-order valence-electron chi connectivity index (χ0n) is 15.1. The maximum atomic E-state index is 13.1. The summed E-state index contributed by atoms with van der Waals surface area (Å²) in [7, 11) is 1.51. The zero-order valence-corrected chi connectivity index (χ0v) is 15.1. The summed E-state index contributed by atoms with van der Waals surface area (Å²) in [6.45, 7) is 0.520. The van der Waals surface area contributed by atoms with E-state index in [4.69, 9.17) is 23.4 Å². The molecular formula is C22H16O6. The van der Waals surface area contributed by atoms with Crippen molar-refractivity contribution in [2.75, 3.05) is 13.9 Å². The summed E-state index contributed by atoms with van der Waals surface area (Å²) >= 11 is 0. The number of ether oxygens (including phenoxy) is 4. The SMILES string of the molecule is COc1cc(OCc2ccccc2)cc2oc3cc4c(cc3c(=O)c12)OCO4. The average molecular weight is 376 g/mol. The molecule has 0 saturated carbocycles. The number of hydrogen-bond acceptors (Lipinski definition) is 6. The first-order chi connectivity index (χ1) is 13.7. The van der Waals surface area contributed by atoms with E-state index in [1.54, 1.807) is 24.3 Å². The number of fused-ring (bicyclic) bond motifs is 3. The summed E-state index contributed by atoms with van der Waals surface area (Å²) in [6.07, 6.45) is 0. The summed E-state index contributed by atoms with van der Waals surface area (Å²) in [5, 5.41) is 0.772. The van der Waals surface area contributed by atoms with E-state index < -0.39 is 0 Å². The van der Waals surface area contributed by atoms with E-state index in [0.29, 0.717) is 51.5 Å². The quantitative estimate of drug-likeness (QED) is 0.496. The van der Waals surface area contributed by atoms with Crippen LogP contribution >= 0.6 is 0 Å². The van der Waals surface area contributed by atoms with Crippen LogP contribution in [0.4, 0.5) is 0 Å². The Morgan fingerprint density at radius 3 is 2.54 bits per heavy atom. The third-order valence-corrected chi connectivity index (χ3v) is 4.67. The molecule has 0 spiro atoms. The lowest BCUT2D eigenvalue weighted by atomic mass is 10.1. The molecule has 2 heterocycles. The van der Waals surface area contributed by atoms with Crippen LogP contribution in [-0.4, -0.2) is 13.9 Å². The Morgan fingerprint density at radius 2 is 1.75 bits per heavy atom. The fraction of sp³-hybridized carbons (Fsp3) is 0.136. The van der Waals surface area contributed by atoms with E-state index in [9.17, 15) is 4.79 Å². The first kappa shape index (κ1) is 16.5. The molecule has 6 heteroatoms. The lowest BCUT2D eigenvalue weighted by Crippen LogP contribution is -2.05. The molecule has 3 aromatic carbocycles. The maximum Gasteiger partial charge on any atom is 0.231 e. The number of hydrogen-bond donors (Lipinski definition) is 0. The highest BCUT2D eigenvalue weighted by Gasteiger charge is 2.20. The van der Waals surface area contributed by atoms with E-state index >= 15 is 0 Å². The van der Waals surface area contributed by atoms with Crippen molar-refractivity contribution >= 4 is 21.9 Å². The zero-order chi connectivity index (χ0) is 19.1. The Balaban J connectivity index is 1.63. The molecule has 0 bridgehead atoms. The van der Waals surface area contributed by atoms with Gasteiger partial charge in [-0.3, -0.25) is 4.79 Å². The Morgan fingerprint density at radius 1 is 0.964 bits per heavy atom. The topological polar surface area (TPSA) is 67.1 Å². The van der Waals surface area contributed by atoms with Gasteiger partial charge in [0, 0.05) is 18.2 Å². The number of rotatable bonds is 4. The molecule has 0 amide bonds. The van der Waals surface area contributed by atoms with Crippen LogP contribution in [0.2, 0.25) is 0 Å². The van der Waals surface area contributed by atoms with Crippen LogP contribution < -0.4 is 24.4 Å². The Bertz CT molecular complexity index is 1240. The Hall–Kier alpha value is -3.67. The predicted octanol–water partition coefficient (Wildman–Crippen LogP) is 4.26. The predicted molar refractivity (Wildman–Crippen MR) is 103 cm³/mol. The van der Waals surface area contributed by atoms with Crippen molar-refractivity contribution in [3.63, 3.8) is 0 Å². The first-order valence-corrected chi connectivity index (χ1v) is 8.78. The molecule has 0 aliphatic carbocycles. The summed E-state index contributed by atoms with van der Waals surface area (Å²) < 4.78 is 28.1. The molecular weight excluding hydrogens is 360 g/mol. The van der Waals surface area contributed by atoms with Gasteiger partial charge in [0.05, 0.1) is 12.5 Å². The Labute approximate surface area is 159 Å². The molecule has 0 atom stereocenters. The molecule has 1 aromatic heterocycles. The monoisotopic (exact) mass is 376 g/mol. The van der Waals surface area contributed by atoms with Crippen molar-refractivity contribution in [2.45, 2.75) is 6.61 Å². The smallest absolute Gasteiger partial charge is 0.231 e. The van der Waals surface area contributed by atoms with Crippen LogP contribution in [0.1, 0.15) is 5.56 Å². The molecule has 140 valence electrons. The van der Waals surface area contributed by atoms with Gasteiger partial charge in [0.2, 0.25) is 12.2 Å². The largest absolute Gasteiger partial charge is 0.496 e. The van der Waals surface area contributed by atoms with E-state index in [1.165, 1.54) is 7.11 Å². The minimum absolute atomic E-state index is 0.125. The molecule has 4 aromatic rings. The second-order valence-corrected chi connectivity index (χ2v) is 6.41. The van der Waals surface area contributed by atoms with Crippen LogP contribution in [0.5, 0.6) is 23.0 Å². The van der Waals surface area contributed by atoms with Gasteiger partial charge in [0.1, 0.15) is 34.7 Å². The number of methoxy groups -OCH3 is 1.